The monoisotopic (exact) mass is 382 g/mol. The number of benzene rings is 1. The molecule has 1 saturated heterocycles. The molecular formula is C20H19FN4OS. The van der Waals surface area contributed by atoms with Crippen LogP contribution in [0.3, 0.4) is 0 Å². The van der Waals surface area contributed by atoms with Gasteiger partial charge in [0.15, 0.2) is 5.13 Å². The minimum atomic E-state index is -0.286. The van der Waals surface area contributed by atoms with E-state index >= 15 is 0 Å². The maximum atomic E-state index is 13.1. The van der Waals surface area contributed by atoms with Gasteiger partial charge in [-0.3, -0.25) is 10.1 Å². The Hall–Kier alpha value is -2.80. The molecule has 0 unspecified atom stereocenters. The third-order valence-corrected chi connectivity index (χ3v) is 5.46. The van der Waals surface area contributed by atoms with Crippen molar-refractivity contribution < 1.29 is 9.18 Å². The number of carbonyl (C=O) groups excluding carboxylic acids is 1. The lowest BCUT2D eigenvalue weighted by Crippen LogP contribution is -2.24. The summed E-state index contributed by atoms with van der Waals surface area (Å²) in [4.78, 5) is 24.9. The van der Waals surface area contributed by atoms with Crippen LogP contribution in [-0.4, -0.2) is 29.0 Å². The van der Waals surface area contributed by atoms with Crippen molar-refractivity contribution in [3.8, 4) is 11.3 Å². The molecule has 4 rings (SSSR count). The Morgan fingerprint density at radius 1 is 1.19 bits per heavy atom. The van der Waals surface area contributed by atoms with Crippen molar-refractivity contribution in [2.24, 2.45) is 0 Å². The van der Waals surface area contributed by atoms with Crippen LogP contribution >= 0.6 is 11.3 Å². The molecule has 1 aromatic carbocycles. The van der Waals surface area contributed by atoms with Crippen molar-refractivity contribution in [3.63, 3.8) is 0 Å². The zero-order valence-electron chi connectivity index (χ0n) is 14.9. The molecule has 1 fully saturated rings. The zero-order chi connectivity index (χ0) is 18.8. The Labute approximate surface area is 160 Å². The second-order valence-electron chi connectivity index (χ2n) is 6.45. The Morgan fingerprint density at radius 3 is 2.67 bits per heavy atom. The SMILES string of the molecule is Cc1sc(NC(=O)c2cccnc2N2CCCC2)nc1-c1ccc(F)cc1. The summed E-state index contributed by atoms with van der Waals surface area (Å²) in [6.07, 6.45) is 3.94. The van der Waals surface area contributed by atoms with E-state index in [9.17, 15) is 9.18 Å². The van der Waals surface area contributed by atoms with Crippen LogP contribution < -0.4 is 10.2 Å². The van der Waals surface area contributed by atoms with Gasteiger partial charge in [0, 0.05) is 29.7 Å². The predicted molar refractivity (Wildman–Crippen MR) is 106 cm³/mol. The Kier molecular flexibility index (Phi) is 4.85. The van der Waals surface area contributed by atoms with E-state index in [0.29, 0.717) is 10.7 Å². The summed E-state index contributed by atoms with van der Waals surface area (Å²) < 4.78 is 13.1. The van der Waals surface area contributed by atoms with E-state index in [2.05, 4.69) is 20.2 Å². The van der Waals surface area contributed by atoms with Gasteiger partial charge in [-0.05, 0) is 56.2 Å². The highest BCUT2D eigenvalue weighted by atomic mass is 32.1. The van der Waals surface area contributed by atoms with Gasteiger partial charge in [-0.25, -0.2) is 14.4 Å². The van der Waals surface area contributed by atoms with Crippen LogP contribution in [0.15, 0.2) is 42.6 Å². The molecule has 3 heterocycles. The van der Waals surface area contributed by atoms with Crippen LogP contribution in [0.1, 0.15) is 28.1 Å². The van der Waals surface area contributed by atoms with Crippen LogP contribution in [-0.2, 0) is 0 Å². The Balaban J connectivity index is 1.57. The van der Waals surface area contributed by atoms with Gasteiger partial charge >= 0.3 is 0 Å². The van der Waals surface area contributed by atoms with Gasteiger partial charge in [0.2, 0.25) is 0 Å². The first-order valence-electron chi connectivity index (χ1n) is 8.86. The van der Waals surface area contributed by atoms with Gasteiger partial charge in [0.05, 0.1) is 11.3 Å². The Morgan fingerprint density at radius 2 is 1.93 bits per heavy atom. The Bertz CT molecular complexity index is 964. The smallest absolute Gasteiger partial charge is 0.261 e. The molecule has 1 aliphatic heterocycles. The summed E-state index contributed by atoms with van der Waals surface area (Å²) in [7, 11) is 0. The molecule has 0 saturated carbocycles. The number of halogens is 1. The van der Waals surface area contributed by atoms with Crippen LogP contribution in [0, 0.1) is 12.7 Å². The largest absolute Gasteiger partial charge is 0.356 e. The lowest BCUT2D eigenvalue weighted by atomic mass is 10.1. The molecular weight excluding hydrogens is 363 g/mol. The first-order valence-corrected chi connectivity index (χ1v) is 9.68. The van der Waals surface area contributed by atoms with Gasteiger partial charge in [0.25, 0.3) is 5.91 Å². The molecule has 0 radical (unpaired) electrons. The molecule has 0 atom stereocenters. The number of nitrogens with one attached hydrogen (secondary N) is 1. The highest BCUT2D eigenvalue weighted by Gasteiger charge is 2.21. The topological polar surface area (TPSA) is 58.1 Å². The highest BCUT2D eigenvalue weighted by molar-refractivity contribution is 7.16. The van der Waals surface area contributed by atoms with Crippen molar-refractivity contribution in [2.75, 3.05) is 23.3 Å². The van der Waals surface area contributed by atoms with Gasteiger partial charge < -0.3 is 4.90 Å². The second kappa shape index (κ2) is 7.44. The molecule has 7 heteroatoms. The normalized spacial score (nSPS) is 13.8. The minimum absolute atomic E-state index is 0.218. The van der Waals surface area contributed by atoms with E-state index in [1.807, 2.05) is 6.92 Å². The number of hydrogen-bond acceptors (Lipinski definition) is 5. The van der Waals surface area contributed by atoms with Gasteiger partial charge in [0.1, 0.15) is 11.6 Å². The number of aromatic nitrogens is 2. The third-order valence-electron chi connectivity index (χ3n) is 4.57. The van der Waals surface area contributed by atoms with Crippen molar-refractivity contribution in [3.05, 3.63) is 58.9 Å². The van der Waals surface area contributed by atoms with Gasteiger partial charge in [-0.2, -0.15) is 0 Å². The lowest BCUT2D eigenvalue weighted by Gasteiger charge is -2.19. The molecule has 2 aromatic heterocycles. The van der Waals surface area contributed by atoms with Gasteiger partial charge in [-0.15, -0.1) is 11.3 Å². The van der Waals surface area contributed by atoms with E-state index in [1.165, 1.54) is 23.5 Å². The van der Waals surface area contributed by atoms with E-state index in [1.54, 1.807) is 30.5 Å². The number of carbonyl (C=O) groups is 1. The predicted octanol–water partition coefficient (Wildman–Crippen LogP) is 4.51. The average Bonchev–Trinajstić information content (AvgIpc) is 3.32. The van der Waals surface area contributed by atoms with E-state index in [4.69, 9.17) is 0 Å². The van der Waals surface area contributed by atoms with Crippen molar-refractivity contribution >= 4 is 28.2 Å². The number of hydrogen-bond donors (Lipinski definition) is 1. The zero-order valence-corrected chi connectivity index (χ0v) is 15.7. The maximum absolute atomic E-state index is 13.1. The molecule has 1 N–H and O–H groups in total. The van der Waals surface area contributed by atoms with Crippen molar-refractivity contribution in [2.45, 2.75) is 19.8 Å². The maximum Gasteiger partial charge on any atom is 0.261 e. The molecule has 1 aliphatic rings. The van der Waals surface area contributed by atoms with Gasteiger partial charge in [-0.1, -0.05) is 0 Å². The molecule has 138 valence electrons. The summed E-state index contributed by atoms with van der Waals surface area (Å²) in [5, 5.41) is 3.41. The third kappa shape index (κ3) is 3.68. The molecule has 3 aromatic rings. The lowest BCUT2D eigenvalue weighted by molar-refractivity contribution is 0.102. The van der Waals surface area contributed by atoms with Crippen LogP contribution in [0.5, 0.6) is 0 Å². The number of pyridine rings is 1. The first kappa shape index (κ1) is 17.6. The van der Waals surface area contributed by atoms with Crippen molar-refractivity contribution in [1.29, 1.82) is 0 Å². The van der Waals surface area contributed by atoms with E-state index in [-0.39, 0.29) is 11.7 Å². The summed E-state index contributed by atoms with van der Waals surface area (Å²) in [5.41, 5.74) is 2.13. The molecule has 5 nitrogen and oxygen atoms in total. The van der Waals surface area contributed by atoms with Crippen LogP contribution in [0.25, 0.3) is 11.3 Å². The number of nitrogens with zero attached hydrogens (tertiary/aromatic N) is 3. The quantitative estimate of drug-likeness (QED) is 0.722. The molecule has 0 aliphatic carbocycles. The number of aryl methyl sites for hydroxylation is 1. The fourth-order valence-electron chi connectivity index (χ4n) is 3.25. The molecule has 0 spiro atoms. The minimum Gasteiger partial charge on any atom is -0.356 e. The highest BCUT2D eigenvalue weighted by Crippen LogP contribution is 2.31. The fraction of sp³-hybridized carbons (Fsp3) is 0.250. The second-order valence-corrected chi connectivity index (χ2v) is 7.66. The summed E-state index contributed by atoms with van der Waals surface area (Å²) in [6, 6.07) is 9.75. The summed E-state index contributed by atoms with van der Waals surface area (Å²) in [5.74, 6) is 0.218. The van der Waals surface area contributed by atoms with E-state index < -0.39 is 0 Å². The first-order chi connectivity index (χ1) is 13.1. The molecule has 1 amide bonds. The van der Waals surface area contributed by atoms with Crippen molar-refractivity contribution in [1.82, 2.24) is 9.97 Å². The van der Waals surface area contributed by atoms with Crippen LogP contribution in [0.2, 0.25) is 0 Å². The molecule has 27 heavy (non-hydrogen) atoms. The summed E-state index contributed by atoms with van der Waals surface area (Å²) >= 11 is 1.40. The average molecular weight is 382 g/mol. The molecule has 0 bridgehead atoms. The van der Waals surface area contributed by atoms with Crippen LogP contribution in [0.4, 0.5) is 15.3 Å². The van der Waals surface area contributed by atoms with E-state index in [0.717, 1.165) is 47.9 Å². The fourth-order valence-corrected chi connectivity index (χ4v) is 4.08. The summed E-state index contributed by atoms with van der Waals surface area (Å²) in [6.45, 7) is 3.77. The standard InChI is InChI=1S/C20H19FN4OS/c1-13-17(14-6-8-15(21)9-7-14)23-20(27-13)24-19(26)16-5-4-10-22-18(16)25-11-2-3-12-25/h4-10H,2-3,11-12H2,1H3,(H,23,24,26). The number of rotatable bonds is 4. The number of amides is 1. The number of thiazole rings is 1. The number of anilines is 2.